The monoisotopic (exact) mass is 441 g/mol. The summed E-state index contributed by atoms with van der Waals surface area (Å²) in [7, 11) is 1.68. The quantitative estimate of drug-likeness (QED) is 0.678. The van der Waals surface area contributed by atoms with E-state index in [1.807, 2.05) is 21.9 Å². The third-order valence-electron chi connectivity index (χ3n) is 6.77. The first-order chi connectivity index (χ1) is 15.5. The van der Waals surface area contributed by atoms with Gasteiger partial charge in [0.1, 0.15) is 0 Å². The lowest BCUT2D eigenvalue weighted by Gasteiger charge is -2.43. The summed E-state index contributed by atoms with van der Waals surface area (Å²) in [6, 6.07) is 3.72. The molecule has 2 fully saturated rings. The van der Waals surface area contributed by atoms with Crippen molar-refractivity contribution in [2.45, 2.75) is 44.4 Å². The minimum atomic E-state index is -0.409. The number of hydrogen-bond donors (Lipinski definition) is 0. The van der Waals surface area contributed by atoms with Crippen LogP contribution in [0, 0.1) is 5.92 Å². The number of aromatic nitrogens is 3. The molecule has 1 atom stereocenters. The van der Waals surface area contributed by atoms with Crippen LogP contribution in [0.2, 0.25) is 0 Å². The summed E-state index contributed by atoms with van der Waals surface area (Å²) in [4.78, 5) is 37.6. The first kappa shape index (κ1) is 22.4. The zero-order valence-corrected chi connectivity index (χ0v) is 18.8. The molecule has 2 aromatic rings. The molecule has 0 aliphatic carbocycles. The summed E-state index contributed by atoms with van der Waals surface area (Å²) >= 11 is 0. The molecular formula is C23H31N5O4. The smallest absolute Gasteiger partial charge is 0.259 e. The van der Waals surface area contributed by atoms with Crippen molar-refractivity contribution in [3.8, 4) is 11.5 Å². The van der Waals surface area contributed by atoms with Crippen LogP contribution in [-0.4, -0.2) is 76.6 Å². The molecule has 9 nitrogen and oxygen atoms in total. The summed E-state index contributed by atoms with van der Waals surface area (Å²) in [6.07, 6.45) is 7.28. The van der Waals surface area contributed by atoms with Crippen LogP contribution in [-0.2, 0) is 19.7 Å². The number of piperidine rings is 2. The van der Waals surface area contributed by atoms with Crippen LogP contribution in [0.4, 0.5) is 0 Å². The van der Waals surface area contributed by atoms with E-state index in [0.717, 1.165) is 24.9 Å². The molecule has 0 saturated carbocycles. The number of amides is 2. The van der Waals surface area contributed by atoms with Crippen molar-refractivity contribution < 1.29 is 18.8 Å². The van der Waals surface area contributed by atoms with Gasteiger partial charge in [0.15, 0.2) is 5.82 Å². The van der Waals surface area contributed by atoms with Gasteiger partial charge < -0.3 is 19.1 Å². The van der Waals surface area contributed by atoms with E-state index in [2.05, 4.69) is 10.1 Å². The molecule has 0 bridgehead atoms. The summed E-state index contributed by atoms with van der Waals surface area (Å²) in [6.45, 7) is 4.71. The van der Waals surface area contributed by atoms with Gasteiger partial charge in [0.05, 0.1) is 11.0 Å². The van der Waals surface area contributed by atoms with Crippen LogP contribution in [0.1, 0.15) is 44.9 Å². The molecule has 9 heteroatoms. The van der Waals surface area contributed by atoms with Crippen molar-refractivity contribution in [2.24, 2.45) is 5.92 Å². The van der Waals surface area contributed by atoms with Crippen molar-refractivity contribution in [3.63, 3.8) is 0 Å². The van der Waals surface area contributed by atoms with Crippen LogP contribution in [0.15, 0.2) is 29.0 Å². The number of nitrogens with zero attached hydrogens (tertiary/aromatic N) is 5. The fraction of sp³-hybridized carbons (Fsp3) is 0.609. The lowest BCUT2D eigenvalue weighted by Crippen LogP contribution is -2.52. The maximum absolute atomic E-state index is 13.4. The number of likely N-dealkylation sites (tertiary alicyclic amines) is 2. The average molecular weight is 442 g/mol. The topological polar surface area (TPSA) is 102 Å². The Labute approximate surface area is 188 Å². The lowest BCUT2D eigenvalue weighted by atomic mass is 9.76. The number of pyridine rings is 1. The second kappa shape index (κ2) is 9.77. The van der Waals surface area contributed by atoms with Crippen molar-refractivity contribution in [2.75, 3.05) is 39.9 Å². The minimum absolute atomic E-state index is 0.0416. The molecule has 0 spiro atoms. The average Bonchev–Trinajstić information content (AvgIpc) is 3.34. The number of carbonyl (C=O) groups is 2. The van der Waals surface area contributed by atoms with E-state index in [4.69, 9.17) is 14.2 Å². The first-order valence-electron chi connectivity index (χ1n) is 11.3. The molecule has 4 rings (SSSR count). The van der Waals surface area contributed by atoms with Crippen LogP contribution in [0.3, 0.4) is 0 Å². The van der Waals surface area contributed by atoms with E-state index < -0.39 is 5.41 Å². The Kier molecular flexibility index (Phi) is 6.83. The third-order valence-corrected chi connectivity index (χ3v) is 6.77. The van der Waals surface area contributed by atoms with E-state index in [9.17, 15) is 9.59 Å². The second-order valence-electron chi connectivity index (χ2n) is 8.83. The molecule has 2 aliphatic heterocycles. The molecular weight excluding hydrogens is 410 g/mol. The molecule has 0 radical (unpaired) electrons. The Bertz CT molecular complexity index is 925. The zero-order chi connectivity index (χ0) is 22.6. The van der Waals surface area contributed by atoms with Crippen molar-refractivity contribution in [1.29, 1.82) is 0 Å². The summed E-state index contributed by atoms with van der Waals surface area (Å²) in [5, 5.41) is 4.33. The first-order valence-corrected chi connectivity index (χ1v) is 11.3. The van der Waals surface area contributed by atoms with E-state index >= 15 is 0 Å². The van der Waals surface area contributed by atoms with E-state index in [0.29, 0.717) is 57.2 Å². The van der Waals surface area contributed by atoms with Gasteiger partial charge in [0, 0.05) is 65.1 Å². The van der Waals surface area contributed by atoms with Gasteiger partial charge in [0.25, 0.3) is 5.89 Å². The van der Waals surface area contributed by atoms with Gasteiger partial charge in [-0.1, -0.05) is 5.16 Å². The van der Waals surface area contributed by atoms with E-state index in [-0.39, 0.29) is 17.7 Å². The summed E-state index contributed by atoms with van der Waals surface area (Å²) < 4.78 is 11.0. The molecule has 1 unspecified atom stereocenters. The Hall–Kier alpha value is -2.81. The normalized spacial score (nSPS) is 22.2. The summed E-state index contributed by atoms with van der Waals surface area (Å²) in [5.41, 5.74) is 0.364. The molecule has 2 saturated heterocycles. The highest BCUT2D eigenvalue weighted by Gasteiger charge is 2.43. The van der Waals surface area contributed by atoms with Gasteiger partial charge >= 0.3 is 0 Å². The second-order valence-corrected chi connectivity index (χ2v) is 8.83. The maximum atomic E-state index is 13.4. The Balaban J connectivity index is 1.52. The molecule has 2 amide bonds. The summed E-state index contributed by atoms with van der Waals surface area (Å²) in [5.74, 6) is 1.27. The molecule has 32 heavy (non-hydrogen) atoms. The number of methoxy groups -OCH3 is 1. The zero-order valence-electron chi connectivity index (χ0n) is 18.8. The SMILES string of the molecule is COCCC1(c2noc(-c3cccnc3)n2)CCCN(C(=O)C2CCN(C(C)=O)CC2)C1. The number of carbonyl (C=O) groups excluding carboxylic acids is 2. The van der Waals surface area contributed by atoms with E-state index in [1.165, 1.54) is 0 Å². The maximum Gasteiger partial charge on any atom is 0.259 e. The molecule has 2 aliphatic rings. The Morgan fingerprint density at radius 1 is 1.25 bits per heavy atom. The molecule has 172 valence electrons. The van der Waals surface area contributed by atoms with Gasteiger partial charge in [-0.25, -0.2) is 0 Å². The highest BCUT2D eigenvalue weighted by Crippen LogP contribution is 2.37. The van der Waals surface area contributed by atoms with Crippen LogP contribution >= 0.6 is 0 Å². The highest BCUT2D eigenvalue weighted by molar-refractivity contribution is 5.80. The van der Waals surface area contributed by atoms with Crippen molar-refractivity contribution >= 4 is 11.8 Å². The number of rotatable bonds is 6. The van der Waals surface area contributed by atoms with Crippen molar-refractivity contribution in [1.82, 2.24) is 24.9 Å². The van der Waals surface area contributed by atoms with Gasteiger partial charge in [0.2, 0.25) is 11.8 Å². The third kappa shape index (κ3) is 4.67. The van der Waals surface area contributed by atoms with Crippen LogP contribution in [0.25, 0.3) is 11.5 Å². The van der Waals surface area contributed by atoms with E-state index in [1.54, 1.807) is 26.4 Å². The predicted molar refractivity (Wildman–Crippen MR) is 116 cm³/mol. The largest absolute Gasteiger partial charge is 0.385 e. The fourth-order valence-electron chi connectivity index (χ4n) is 4.86. The molecule has 2 aromatic heterocycles. The van der Waals surface area contributed by atoms with Crippen LogP contribution in [0.5, 0.6) is 0 Å². The lowest BCUT2D eigenvalue weighted by molar-refractivity contribution is -0.142. The van der Waals surface area contributed by atoms with Crippen LogP contribution < -0.4 is 0 Å². The molecule has 0 aromatic carbocycles. The molecule has 0 N–H and O–H groups in total. The minimum Gasteiger partial charge on any atom is -0.385 e. The predicted octanol–water partition coefficient (Wildman–Crippen LogP) is 2.29. The standard InChI is InChI=1S/C23H31N5O4/c1-17(29)27-12-6-18(7-13-27)21(30)28-11-4-8-23(16-28,9-14-31-2)22-25-20(32-26-22)19-5-3-10-24-15-19/h3,5,10,15,18H,4,6-9,11-14,16H2,1-2H3. The number of ether oxygens (including phenoxy) is 1. The molecule has 4 heterocycles. The Morgan fingerprint density at radius 2 is 2.06 bits per heavy atom. The number of hydrogen-bond acceptors (Lipinski definition) is 7. The van der Waals surface area contributed by atoms with Crippen molar-refractivity contribution in [3.05, 3.63) is 30.4 Å². The fourth-order valence-corrected chi connectivity index (χ4v) is 4.86. The van der Waals surface area contributed by atoms with Gasteiger partial charge in [-0.3, -0.25) is 14.6 Å². The van der Waals surface area contributed by atoms with Gasteiger partial charge in [-0.15, -0.1) is 0 Å². The Morgan fingerprint density at radius 3 is 2.75 bits per heavy atom. The van der Waals surface area contributed by atoms with Gasteiger partial charge in [-0.2, -0.15) is 4.98 Å². The highest BCUT2D eigenvalue weighted by atomic mass is 16.5. The van der Waals surface area contributed by atoms with Gasteiger partial charge in [-0.05, 0) is 44.2 Å².